The first kappa shape index (κ1) is 13.7. The van der Waals surface area contributed by atoms with Gasteiger partial charge in [0.2, 0.25) is 5.91 Å². The maximum Gasteiger partial charge on any atom is 0.222 e. The van der Waals surface area contributed by atoms with E-state index in [0.717, 1.165) is 5.56 Å². The van der Waals surface area contributed by atoms with Gasteiger partial charge in [0, 0.05) is 43.7 Å². The number of rotatable bonds is 3. The lowest BCUT2D eigenvalue weighted by Crippen LogP contribution is -2.48. The minimum atomic E-state index is -0.401. The number of pyridine rings is 1. The molecule has 0 aromatic carbocycles. The van der Waals surface area contributed by atoms with E-state index in [1.807, 2.05) is 30.9 Å². The van der Waals surface area contributed by atoms with Crippen LogP contribution >= 0.6 is 0 Å². The van der Waals surface area contributed by atoms with E-state index in [2.05, 4.69) is 4.98 Å². The smallest absolute Gasteiger partial charge is 0.222 e. The number of hydrogen-bond acceptors (Lipinski definition) is 3. The average Bonchev–Trinajstić information content (AvgIpc) is 2.40. The molecular weight excluding hydrogens is 240 g/mol. The highest BCUT2D eigenvalue weighted by Gasteiger charge is 2.35. The Hall–Kier alpha value is -1.71. The largest absolute Gasteiger partial charge is 0.341 e. The zero-order chi connectivity index (χ0) is 13.9. The van der Waals surface area contributed by atoms with Crippen molar-refractivity contribution in [3.63, 3.8) is 0 Å². The van der Waals surface area contributed by atoms with Crippen LogP contribution in [-0.4, -0.2) is 34.7 Å². The van der Waals surface area contributed by atoms with Gasteiger partial charge < -0.3 is 4.90 Å². The lowest BCUT2D eigenvalue weighted by Gasteiger charge is -2.36. The zero-order valence-electron chi connectivity index (χ0n) is 11.6. The SMILES string of the molecule is CC1(C)CN(C(=O)CCc2cccnc2)CCC1=O. The Labute approximate surface area is 113 Å². The number of hydrogen-bond donors (Lipinski definition) is 0. The molecule has 1 aliphatic rings. The zero-order valence-corrected chi connectivity index (χ0v) is 11.6. The summed E-state index contributed by atoms with van der Waals surface area (Å²) in [5.74, 6) is 0.383. The second-order valence-corrected chi connectivity index (χ2v) is 5.73. The van der Waals surface area contributed by atoms with Crippen molar-refractivity contribution in [3.8, 4) is 0 Å². The Bertz CT molecular complexity index is 468. The molecular formula is C15H20N2O2. The molecule has 1 aromatic heterocycles. The van der Waals surface area contributed by atoms with E-state index in [4.69, 9.17) is 0 Å². The van der Waals surface area contributed by atoms with Gasteiger partial charge in [-0.3, -0.25) is 14.6 Å². The van der Waals surface area contributed by atoms with E-state index in [9.17, 15) is 9.59 Å². The number of ketones is 1. The second-order valence-electron chi connectivity index (χ2n) is 5.73. The van der Waals surface area contributed by atoms with Crippen molar-refractivity contribution in [3.05, 3.63) is 30.1 Å². The number of Topliss-reactive ketones (excluding diaryl/α,β-unsaturated/α-hetero) is 1. The number of amides is 1. The van der Waals surface area contributed by atoms with Crippen LogP contribution in [0.15, 0.2) is 24.5 Å². The molecule has 4 nitrogen and oxygen atoms in total. The maximum absolute atomic E-state index is 12.2. The summed E-state index contributed by atoms with van der Waals surface area (Å²) in [6, 6.07) is 3.85. The molecule has 0 spiro atoms. The van der Waals surface area contributed by atoms with E-state index in [0.29, 0.717) is 32.4 Å². The van der Waals surface area contributed by atoms with Crippen molar-refractivity contribution in [1.29, 1.82) is 0 Å². The number of aryl methyl sites for hydroxylation is 1. The lowest BCUT2D eigenvalue weighted by molar-refractivity contribution is -0.140. The summed E-state index contributed by atoms with van der Waals surface area (Å²) in [7, 11) is 0. The third kappa shape index (κ3) is 3.40. The van der Waals surface area contributed by atoms with Crippen LogP contribution in [0.25, 0.3) is 0 Å². The molecule has 0 bridgehead atoms. The summed E-state index contributed by atoms with van der Waals surface area (Å²) < 4.78 is 0. The summed E-state index contributed by atoms with van der Waals surface area (Å²) in [6.07, 6.45) is 5.18. The first-order valence-electron chi connectivity index (χ1n) is 6.69. The van der Waals surface area contributed by atoms with Gasteiger partial charge >= 0.3 is 0 Å². The number of carbonyl (C=O) groups excluding carboxylic acids is 2. The Morgan fingerprint density at radius 2 is 2.26 bits per heavy atom. The molecule has 0 N–H and O–H groups in total. The summed E-state index contributed by atoms with van der Waals surface area (Å²) in [5.41, 5.74) is 0.672. The van der Waals surface area contributed by atoms with E-state index >= 15 is 0 Å². The van der Waals surface area contributed by atoms with Gasteiger partial charge in [0.15, 0.2) is 0 Å². The molecule has 1 aromatic rings. The average molecular weight is 260 g/mol. The number of likely N-dealkylation sites (tertiary alicyclic amines) is 1. The molecule has 1 amide bonds. The molecule has 102 valence electrons. The Morgan fingerprint density at radius 1 is 1.47 bits per heavy atom. The van der Waals surface area contributed by atoms with Crippen molar-refractivity contribution >= 4 is 11.7 Å². The second kappa shape index (κ2) is 5.51. The van der Waals surface area contributed by atoms with Gasteiger partial charge in [-0.2, -0.15) is 0 Å². The normalized spacial score (nSPS) is 18.4. The number of aromatic nitrogens is 1. The van der Waals surface area contributed by atoms with Crippen molar-refractivity contribution in [1.82, 2.24) is 9.88 Å². The molecule has 0 atom stereocenters. The van der Waals surface area contributed by atoms with Gasteiger partial charge in [0.05, 0.1) is 0 Å². The monoisotopic (exact) mass is 260 g/mol. The standard InChI is InChI=1S/C15H20N2O2/c1-15(2)11-17(9-7-13(15)18)14(19)6-5-12-4-3-8-16-10-12/h3-4,8,10H,5-7,9,11H2,1-2H3. The van der Waals surface area contributed by atoms with Crippen LogP contribution in [0.1, 0.15) is 32.3 Å². The highest BCUT2D eigenvalue weighted by molar-refractivity contribution is 5.87. The minimum Gasteiger partial charge on any atom is -0.341 e. The number of piperidine rings is 1. The molecule has 0 aliphatic carbocycles. The van der Waals surface area contributed by atoms with Crippen LogP contribution in [0, 0.1) is 5.41 Å². The van der Waals surface area contributed by atoms with Gasteiger partial charge in [-0.1, -0.05) is 19.9 Å². The van der Waals surface area contributed by atoms with E-state index in [1.54, 1.807) is 12.4 Å². The predicted molar refractivity (Wildman–Crippen MR) is 72.5 cm³/mol. The predicted octanol–water partition coefficient (Wildman–Crippen LogP) is 1.84. The molecule has 0 unspecified atom stereocenters. The first-order valence-corrected chi connectivity index (χ1v) is 6.69. The van der Waals surface area contributed by atoms with Gasteiger partial charge in [0.1, 0.15) is 5.78 Å². The summed E-state index contributed by atoms with van der Waals surface area (Å²) >= 11 is 0. The van der Waals surface area contributed by atoms with Crippen LogP contribution < -0.4 is 0 Å². The third-order valence-corrected chi connectivity index (χ3v) is 3.65. The van der Waals surface area contributed by atoms with Crippen molar-refractivity contribution in [2.45, 2.75) is 33.1 Å². The molecule has 1 fully saturated rings. The maximum atomic E-state index is 12.2. The highest BCUT2D eigenvalue weighted by Crippen LogP contribution is 2.25. The number of carbonyl (C=O) groups is 2. The van der Waals surface area contributed by atoms with Gasteiger partial charge in [0.25, 0.3) is 0 Å². The molecule has 2 rings (SSSR count). The Morgan fingerprint density at radius 3 is 2.89 bits per heavy atom. The van der Waals surface area contributed by atoms with Crippen LogP contribution in [-0.2, 0) is 16.0 Å². The van der Waals surface area contributed by atoms with Crippen molar-refractivity contribution < 1.29 is 9.59 Å². The molecule has 1 aliphatic heterocycles. The van der Waals surface area contributed by atoms with Crippen LogP contribution in [0.5, 0.6) is 0 Å². The number of nitrogens with zero attached hydrogens (tertiary/aromatic N) is 2. The summed E-state index contributed by atoms with van der Waals surface area (Å²) in [6.45, 7) is 4.93. The fourth-order valence-corrected chi connectivity index (χ4v) is 2.39. The van der Waals surface area contributed by atoms with Gasteiger partial charge in [-0.05, 0) is 18.1 Å². The van der Waals surface area contributed by atoms with Gasteiger partial charge in [-0.25, -0.2) is 0 Å². The van der Waals surface area contributed by atoms with Crippen molar-refractivity contribution in [2.24, 2.45) is 5.41 Å². The fraction of sp³-hybridized carbons (Fsp3) is 0.533. The topological polar surface area (TPSA) is 50.3 Å². The van der Waals surface area contributed by atoms with Crippen LogP contribution in [0.4, 0.5) is 0 Å². The minimum absolute atomic E-state index is 0.129. The summed E-state index contributed by atoms with van der Waals surface area (Å²) in [5, 5.41) is 0. The van der Waals surface area contributed by atoms with Crippen molar-refractivity contribution in [2.75, 3.05) is 13.1 Å². The molecule has 2 heterocycles. The quantitative estimate of drug-likeness (QED) is 0.833. The Kier molecular flexibility index (Phi) is 3.98. The summed E-state index contributed by atoms with van der Waals surface area (Å²) in [4.78, 5) is 29.7. The first-order chi connectivity index (χ1) is 8.99. The molecule has 4 heteroatoms. The van der Waals surface area contributed by atoms with Crippen LogP contribution in [0.3, 0.4) is 0 Å². The molecule has 0 radical (unpaired) electrons. The third-order valence-electron chi connectivity index (χ3n) is 3.65. The highest BCUT2D eigenvalue weighted by atomic mass is 16.2. The van der Waals surface area contributed by atoms with E-state index in [-0.39, 0.29) is 11.7 Å². The van der Waals surface area contributed by atoms with Crippen LogP contribution in [0.2, 0.25) is 0 Å². The molecule has 0 saturated carbocycles. The molecule has 1 saturated heterocycles. The lowest BCUT2D eigenvalue weighted by atomic mass is 9.82. The fourth-order valence-electron chi connectivity index (χ4n) is 2.39. The van der Waals surface area contributed by atoms with E-state index < -0.39 is 5.41 Å². The molecule has 19 heavy (non-hydrogen) atoms. The van der Waals surface area contributed by atoms with E-state index in [1.165, 1.54) is 0 Å². The van der Waals surface area contributed by atoms with Gasteiger partial charge in [-0.15, -0.1) is 0 Å². The Balaban J connectivity index is 1.89.